The minimum atomic E-state index is -0.733. The van der Waals surface area contributed by atoms with Crippen molar-refractivity contribution in [2.75, 3.05) is 55.7 Å². The van der Waals surface area contributed by atoms with Crippen molar-refractivity contribution in [3.8, 4) is 23.0 Å². The monoisotopic (exact) mass is 624 g/mol. The predicted molar refractivity (Wildman–Crippen MR) is 162 cm³/mol. The van der Waals surface area contributed by atoms with Crippen molar-refractivity contribution in [3.05, 3.63) is 47.2 Å². The molecule has 1 saturated carbocycles. The molecule has 12 heteroatoms. The van der Waals surface area contributed by atoms with Gasteiger partial charge in [-0.1, -0.05) is 0 Å². The van der Waals surface area contributed by atoms with Crippen LogP contribution in [0.1, 0.15) is 40.5 Å². The van der Waals surface area contributed by atoms with Crippen LogP contribution in [0.4, 0.5) is 0 Å². The first kappa shape index (κ1) is 30.8. The van der Waals surface area contributed by atoms with Crippen LogP contribution >= 0.6 is 0 Å². The van der Waals surface area contributed by atoms with E-state index in [0.29, 0.717) is 47.9 Å². The molecule has 0 spiro atoms. The third kappa shape index (κ3) is 5.09. The topological polar surface area (TPSA) is 127 Å². The summed E-state index contributed by atoms with van der Waals surface area (Å²) in [6.07, 6.45) is 0.450. The second-order valence-electron chi connectivity index (χ2n) is 11.8. The first-order chi connectivity index (χ1) is 21.8. The lowest BCUT2D eigenvalue weighted by atomic mass is 9.63. The van der Waals surface area contributed by atoms with Crippen LogP contribution in [0, 0.1) is 17.8 Å². The lowest BCUT2D eigenvalue weighted by molar-refractivity contribution is -0.176. The van der Waals surface area contributed by atoms with Crippen molar-refractivity contribution >= 4 is 22.8 Å². The third-order valence-corrected chi connectivity index (χ3v) is 9.89. The number of ether oxygens (including phenoxy) is 7. The van der Waals surface area contributed by atoms with E-state index in [1.807, 2.05) is 18.2 Å². The largest absolute Gasteiger partial charge is 0.497 e. The number of hydrogen-bond donors (Lipinski definition) is 1. The van der Waals surface area contributed by atoms with Crippen molar-refractivity contribution in [3.63, 3.8) is 0 Å². The summed E-state index contributed by atoms with van der Waals surface area (Å²) in [6.45, 7) is 1.47. The molecule has 0 bridgehead atoms. The second kappa shape index (κ2) is 12.3. The molecule has 242 valence electrons. The van der Waals surface area contributed by atoms with Crippen LogP contribution < -0.4 is 18.9 Å². The van der Waals surface area contributed by atoms with Crippen LogP contribution in [0.15, 0.2) is 30.3 Å². The van der Waals surface area contributed by atoms with Gasteiger partial charge in [-0.2, -0.15) is 4.73 Å². The average Bonchev–Trinajstić information content (AvgIpc) is 3.36. The lowest BCUT2D eigenvalue weighted by Gasteiger charge is -2.52. The maximum Gasteiger partial charge on any atom is 0.338 e. The summed E-state index contributed by atoms with van der Waals surface area (Å²) in [6, 6.07) is 8.70. The summed E-state index contributed by atoms with van der Waals surface area (Å²) in [7, 11) is 8.93. The van der Waals surface area contributed by atoms with Gasteiger partial charge in [0.25, 0.3) is 0 Å². The molecule has 1 aliphatic carbocycles. The highest BCUT2D eigenvalue weighted by molar-refractivity contribution is 5.91. The fourth-order valence-corrected chi connectivity index (χ4v) is 7.88. The summed E-state index contributed by atoms with van der Waals surface area (Å²) >= 11 is 0. The molecule has 6 rings (SSSR count). The fourth-order valence-electron chi connectivity index (χ4n) is 7.88. The van der Waals surface area contributed by atoms with Gasteiger partial charge in [-0.25, -0.2) is 4.79 Å². The van der Waals surface area contributed by atoms with Gasteiger partial charge < -0.3 is 38.4 Å². The molecule has 3 heterocycles. The normalized spacial score (nSPS) is 25.8. The molecule has 2 aromatic carbocycles. The van der Waals surface area contributed by atoms with Gasteiger partial charge >= 0.3 is 11.9 Å². The van der Waals surface area contributed by atoms with Crippen LogP contribution in [0.5, 0.6) is 23.0 Å². The van der Waals surface area contributed by atoms with Crippen molar-refractivity contribution in [2.45, 2.75) is 37.5 Å². The average molecular weight is 625 g/mol. The number of nitrogens with zero attached hydrogens (tertiary/aromatic N) is 2. The van der Waals surface area contributed by atoms with Crippen LogP contribution in [0.3, 0.4) is 0 Å². The number of fused-ring (bicyclic) bond motifs is 6. The molecule has 3 aliphatic rings. The first-order valence-corrected chi connectivity index (χ1v) is 15.0. The van der Waals surface area contributed by atoms with Crippen LogP contribution in [-0.4, -0.2) is 94.7 Å². The highest BCUT2D eigenvalue weighted by Gasteiger charge is 2.55. The van der Waals surface area contributed by atoms with E-state index in [1.54, 1.807) is 7.11 Å². The molecule has 1 aromatic heterocycles. The first-order valence-electron chi connectivity index (χ1n) is 15.0. The van der Waals surface area contributed by atoms with Crippen LogP contribution in [-0.2, 0) is 25.4 Å². The highest BCUT2D eigenvalue weighted by atomic mass is 16.6. The molecule has 0 unspecified atom stereocenters. The Bertz CT molecular complexity index is 1580. The Kier molecular flexibility index (Phi) is 8.45. The number of benzene rings is 2. The molecule has 1 N–H and O–H groups in total. The smallest absolute Gasteiger partial charge is 0.338 e. The minimum absolute atomic E-state index is 0.0210. The Labute approximate surface area is 261 Å². The van der Waals surface area contributed by atoms with E-state index in [4.69, 9.17) is 33.2 Å². The zero-order chi connectivity index (χ0) is 32.0. The van der Waals surface area contributed by atoms with E-state index in [9.17, 15) is 14.8 Å². The number of carbonyl (C=O) groups excluding carboxylic acids is 2. The second-order valence-corrected chi connectivity index (χ2v) is 11.8. The SMILES string of the molecule is COC(=O)[C@H]1[C@H]2C[C@@H]3c4c(c5ccc(OC)cc5n4O)CCN3C[C@H]2C[C@@H](OC(=O)c2cc(OC)c(OC)c(OC)c2)[C@@H]1OC. The molecular weight excluding hydrogens is 584 g/mol. The summed E-state index contributed by atoms with van der Waals surface area (Å²) in [4.78, 5) is 29.4. The van der Waals surface area contributed by atoms with E-state index in [2.05, 4.69) is 4.90 Å². The van der Waals surface area contributed by atoms with Crippen molar-refractivity contribution in [2.24, 2.45) is 17.8 Å². The van der Waals surface area contributed by atoms with Gasteiger partial charge in [0.15, 0.2) is 11.5 Å². The summed E-state index contributed by atoms with van der Waals surface area (Å²) in [5.74, 6) is -0.117. The quantitative estimate of drug-likeness (QED) is 0.290. The Hall–Kier alpha value is -4.16. The van der Waals surface area contributed by atoms with Crippen LogP contribution in [0.2, 0.25) is 0 Å². The van der Waals surface area contributed by atoms with Gasteiger partial charge in [-0.15, -0.1) is 0 Å². The van der Waals surface area contributed by atoms with Crippen molar-refractivity contribution < 1.29 is 48.0 Å². The van der Waals surface area contributed by atoms with E-state index in [0.717, 1.165) is 29.6 Å². The fraction of sp³-hybridized carbons (Fsp3) is 0.515. The summed E-state index contributed by atoms with van der Waals surface area (Å²) in [5, 5.41) is 12.4. The van der Waals surface area contributed by atoms with Gasteiger partial charge in [-0.3, -0.25) is 9.69 Å². The molecule has 1 saturated heterocycles. The number of hydrogen-bond acceptors (Lipinski definition) is 11. The lowest BCUT2D eigenvalue weighted by Crippen LogP contribution is -2.58. The molecule has 2 aliphatic heterocycles. The van der Waals surface area contributed by atoms with E-state index in [1.165, 1.54) is 52.4 Å². The number of piperidine rings is 1. The number of carbonyl (C=O) groups is 2. The van der Waals surface area contributed by atoms with Crippen LogP contribution in [0.25, 0.3) is 10.9 Å². The molecule has 6 atom stereocenters. The van der Waals surface area contributed by atoms with Crippen molar-refractivity contribution in [1.82, 2.24) is 9.63 Å². The Morgan fingerprint density at radius 3 is 2.27 bits per heavy atom. The van der Waals surface area contributed by atoms with Gasteiger partial charge in [-0.05, 0) is 60.9 Å². The minimum Gasteiger partial charge on any atom is -0.497 e. The van der Waals surface area contributed by atoms with Gasteiger partial charge in [0.2, 0.25) is 5.75 Å². The Morgan fingerprint density at radius 1 is 0.911 bits per heavy atom. The van der Waals surface area contributed by atoms with Crippen molar-refractivity contribution in [1.29, 1.82) is 0 Å². The molecule has 45 heavy (non-hydrogen) atoms. The number of rotatable bonds is 8. The molecular formula is C33H40N2O10. The van der Waals surface area contributed by atoms with Gasteiger partial charge in [0, 0.05) is 31.7 Å². The van der Waals surface area contributed by atoms with Gasteiger partial charge in [0.05, 0.1) is 64.3 Å². The Balaban J connectivity index is 1.31. The predicted octanol–water partition coefficient (Wildman–Crippen LogP) is 3.88. The molecule has 2 fully saturated rings. The third-order valence-electron chi connectivity index (χ3n) is 9.89. The Morgan fingerprint density at radius 2 is 1.64 bits per heavy atom. The summed E-state index contributed by atoms with van der Waals surface area (Å²) < 4.78 is 40.3. The van der Waals surface area contributed by atoms with E-state index < -0.39 is 30.1 Å². The maximum absolute atomic E-state index is 13.6. The molecule has 12 nitrogen and oxygen atoms in total. The highest BCUT2D eigenvalue weighted by Crippen LogP contribution is 2.51. The number of esters is 2. The zero-order valence-electron chi connectivity index (χ0n) is 26.4. The zero-order valence-corrected chi connectivity index (χ0v) is 26.4. The summed E-state index contributed by atoms with van der Waals surface area (Å²) in [5.41, 5.74) is 2.87. The number of methoxy groups -OCH3 is 6. The number of aromatic nitrogens is 1. The molecule has 0 amide bonds. The molecule has 0 radical (unpaired) electrons. The van der Waals surface area contributed by atoms with E-state index in [-0.39, 0.29) is 23.4 Å². The van der Waals surface area contributed by atoms with E-state index >= 15 is 0 Å². The maximum atomic E-state index is 13.6. The van der Waals surface area contributed by atoms with Gasteiger partial charge in [0.1, 0.15) is 18.0 Å². The molecule has 3 aromatic rings. The standard InChI is InChI=1S/C33H40N2O10/c1-39-19-7-8-20-21-9-10-34-16-18-13-27(45-32(36)17-11-25(40-2)30(42-4)26(12-17)41-3)31(43-5)28(33(37)44-6)22(18)15-24(34)29(21)35(38)23(20)14-19/h7-8,11-12,14,18,22,24,27-28,31,38H,9-10,13,15-16H2,1-6H3/t18-,22+,24-,27-,28+,31+/m1/s1.